The Hall–Kier alpha value is -2.94. The number of aliphatic hydroxyl groups is 1. The van der Waals surface area contributed by atoms with E-state index in [-0.39, 0.29) is 11.1 Å². The number of furan rings is 1. The molecule has 1 saturated heterocycles. The van der Waals surface area contributed by atoms with Crippen molar-refractivity contribution in [3.05, 3.63) is 66.2 Å². The Balaban J connectivity index is 1.55. The number of hydrogen-bond donors (Lipinski definition) is 3. The zero-order valence-electron chi connectivity index (χ0n) is 18.5. The molecule has 0 unspecified atom stereocenters. The number of halogens is 1. The zero-order chi connectivity index (χ0) is 23.2. The molecule has 1 fully saturated rings. The van der Waals surface area contributed by atoms with Gasteiger partial charge in [0, 0.05) is 39.9 Å². The molecule has 2 aromatic heterocycles. The van der Waals surface area contributed by atoms with E-state index in [4.69, 9.17) is 4.42 Å². The molecular formula is C25H26FN3O3S. The van der Waals surface area contributed by atoms with Crippen molar-refractivity contribution >= 4 is 21.2 Å². The third-order valence-electron chi connectivity index (χ3n) is 6.06. The van der Waals surface area contributed by atoms with Gasteiger partial charge in [0.05, 0.1) is 5.60 Å². The summed E-state index contributed by atoms with van der Waals surface area (Å²) in [6, 6.07) is 14.1. The highest BCUT2D eigenvalue weighted by Crippen LogP contribution is 2.36. The van der Waals surface area contributed by atoms with E-state index in [2.05, 4.69) is 14.7 Å². The number of hydrogen-bond acceptors (Lipinski definition) is 5. The van der Waals surface area contributed by atoms with Gasteiger partial charge in [-0.3, -0.25) is 8.93 Å². The van der Waals surface area contributed by atoms with Crippen molar-refractivity contribution in [1.82, 2.24) is 14.7 Å². The smallest absolute Gasteiger partial charge is 0.179 e. The largest absolute Gasteiger partial charge is 0.452 e. The van der Waals surface area contributed by atoms with Crippen molar-refractivity contribution in [2.75, 3.05) is 12.3 Å². The number of nitrogens with zero attached hydrogens (tertiary/aromatic N) is 2. The summed E-state index contributed by atoms with van der Waals surface area (Å²) in [6.45, 7) is 3.85. The molecule has 1 aliphatic heterocycles. The molecule has 0 saturated carbocycles. The quantitative estimate of drug-likeness (QED) is 0.382. The van der Waals surface area contributed by atoms with E-state index in [1.165, 1.54) is 20.2 Å². The fraction of sp³-hybridized carbons (Fsp3) is 0.280. The van der Waals surface area contributed by atoms with Crippen LogP contribution in [0.3, 0.4) is 0 Å². The molecule has 4 aromatic rings. The van der Waals surface area contributed by atoms with Gasteiger partial charge in [-0.25, -0.2) is 14.4 Å². The average molecular weight is 468 g/mol. The van der Waals surface area contributed by atoms with Crippen molar-refractivity contribution in [2.45, 2.75) is 37.2 Å². The number of thiol groups is 1. The first-order chi connectivity index (χ1) is 15.8. The van der Waals surface area contributed by atoms with Crippen LogP contribution in [0.15, 0.2) is 64.2 Å². The van der Waals surface area contributed by atoms with Gasteiger partial charge in [-0.05, 0) is 55.0 Å². The SMILES string of the molecule is CC(C)(O)c1cccc(-c2ncnc3cc(-c4ccc([SH]5(=O)CCCCN5)cc4)oc23)c1F. The van der Waals surface area contributed by atoms with Gasteiger partial charge in [0.1, 0.15) is 29.1 Å². The van der Waals surface area contributed by atoms with Crippen LogP contribution in [-0.2, 0) is 15.7 Å². The Bertz CT molecular complexity index is 1370. The second-order valence-corrected chi connectivity index (χ2v) is 11.7. The van der Waals surface area contributed by atoms with Crippen LogP contribution in [-0.4, -0.2) is 31.6 Å². The fourth-order valence-corrected chi connectivity index (χ4v) is 6.68. The molecule has 0 bridgehead atoms. The Kier molecular flexibility index (Phi) is 5.39. The van der Waals surface area contributed by atoms with Gasteiger partial charge >= 0.3 is 0 Å². The van der Waals surface area contributed by atoms with Crippen molar-refractivity contribution in [3.8, 4) is 22.6 Å². The van der Waals surface area contributed by atoms with Gasteiger partial charge < -0.3 is 9.52 Å². The van der Waals surface area contributed by atoms with Crippen molar-refractivity contribution in [3.63, 3.8) is 0 Å². The summed E-state index contributed by atoms with van der Waals surface area (Å²) in [5, 5.41) is 10.3. The number of fused-ring (bicyclic) bond motifs is 1. The molecule has 2 N–H and O–H groups in total. The molecule has 33 heavy (non-hydrogen) atoms. The van der Waals surface area contributed by atoms with Crippen LogP contribution >= 0.6 is 0 Å². The highest BCUT2D eigenvalue weighted by molar-refractivity contribution is 8.01. The molecule has 0 aliphatic carbocycles. The van der Waals surface area contributed by atoms with Gasteiger partial charge in [0.15, 0.2) is 5.58 Å². The minimum atomic E-state index is -2.54. The van der Waals surface area contributed by atoms with E-state index in [1.54, 1.807) is 24.3 Å². The highest BCUT2D eigenvalue weighted by atomic mass is 32.3. The number of aromatic nitrogens is 2. The fourth-order valence-electron chi connectivity index (χ4n) is 4.26. The summed E-state index contributed by atoms with van der Waals surface area (Å²) >= 11 is 0. The van der Waals surface area contributed by atoms with Gasteiger partial charge in [-0.15, -0.1) is 0 Å². The minimum absolute atomic E-state index is 0.181. The van der Waals surface area contributed by atoms with Crippen molar-refractivity contribution in [1.29, 1.82) is 0 Å². The van der Waals surface area contributed by atoms with Crippen LogP contribution in [0.25, 0.3) is 33.7 Å². The Morgan fingerprint density at radius 2 is 1.91 bits per heavy atom. The Morgan fingerprint density at radius 1 is 1.12 bits per heavy atom. The van der Waals surface area contributed by atoms with E-state index >= 15 is 4.39 Å². The Morgan fingerprint density at radius 3 is 2.61 bits per heavy atom. The van der Waals surface area contributed by atoms with Crippen LogP contribution in [0.4, 0.5) is 4.39 Å². The Labute approximate surface area is 192 Å². The molecule has 3 heterocycles. The number of benzene rings is 2. The first-order valence-corrected chi connectivity index (χ1v) is 12.9. The molecule has 0 radical (unpaired) electrons. The van der Waals surface area contributed by atoms with Crippen molar-refractivity contribution < 1.29 is 18.1 Å². The summed E-state index contributed by atoms with van der Waals surface area (Å²) in [5.41, 5.74) is 1.12. The van der Waals surface area contributed by atoms with E-state index in [0.29, 0.717) is 28.3 Å². The van der Waals surface area contributed by atoms with Gasteiger partial charge in [-0.1, -0.05) is 24.3 Å². The molecule has 0 atom stereocenters. The van der Waals surface area contributed by atoms with E-state index in [1.807, 2.05) is 24.3 Å². The van der Waals surface area contributed by atoms with Crippen LogP contribution in [0.2, 0.25) is 0 Å². The summed E-state index contributed by atoms with van der Waals surface area (Å²) in [5.74, 6) is 0.690. The molecule has 1 aliphatic rings. The third-order valence-corrected chi connectivity index (χ3v) is 8.87. The monoisotopic (exact) mass is 467 g/mol. The number of rotatable bonds is 4. The maximum Gasteiger partial charge on any atom is 0.179 e. The molecule has 0 spiro atoms. The predicted molar refractivity (Wildman–Crippen MR) is 128 cm³/mol. The molecule has 172 valence electrons. The van der Waals surface area contributed by atoms with Crippen molar-refractivity contribution in [2.24, 2.45) is 0 Å². The van der Waals surface area contributed by atoms with E-state index in [9.17, 15) is 9.32 Å². The van der Waals surface area contributed by atoms with Gasteiger partial charge in [0.2, 0.25) is 0 Å². The standard InChI is InChI=1S/C25H26FN3O3S/c1-25(2,30)19-7-5-6-18(22(19)26)23-24-20(27-15-28-23)14-21(32-24)16-8-10-17(11-9-16)33(31)13-4-3-12-29-33/h5-11,14-15,30,33H,3-4,12-13H2,1-2H3,(H,29,31). The molecule has 6 nitrogen and oxygen atoms in total. The number of nitrogens with one attached hydrogen (secondary N) is 1. The second kappa shape index (κ2) is 8.13. The maximum absolute atomic E-state index is 15.3. The molecule has 8 heteroatoms. The lowest BCUT2D eigenvalue weighted by Crippen LogP contribution is -2.38. The third kappa shape index (κ3) is 3.99. The lowest BCUT2D eigenvalue weighted by Gasteiger charge is -2.29. The van der Waals surface area contributed by atoms with Crippen LogP contribution < -0.4 is 4.72 Å². The maximum atomic E-state index is 15.3. The molecule has 2 aromatic carbocycles. The topological polar surface area (TPSA) is 88.2 Å². The summed E-state index contributed by atoms with van der Waals surface area (Å²) in [6.07, 6.45) is 3.38. The first-order valence-electron chi connectivity index (χ1n) is 11.0. The normalized spacial score (nSPS) is 17.2. The molecule has 5 rings (SSSR count). The van der Waals surface area contributed by atoms with Gasteiger partial charge in [0.25, 0.3) is 0 Å². The highest BCUT2D eigenvalue weighted by Gasteiger charge is 2.25. The first kappa shape index (κ1) is 21.9. The van der Waals surface area contributed by atoms with E-state index < -0.39 is 21.5 Å². The van der Waals surface area contributed by atoms with Crippen LogP contribution in [0.1, 0.15) is 32.3 Å². The predicted octanol–water partition coefficient (Wildman–Crippen LogP) is 4.60. The lowest BCUT2D eigenvalue weighted by molar-refractivity contribution is 0.0746. The lowest BCUT2D eigenvalue weighted by atomic mass is 9.94. The zero-order valence-corrected chi connectivity index (χ0v) is 19.4. The molecular weight excluding hydrogens is 441 g/mol. The second-order valence-electron chi connectivity index (χ2n) is 8.90. The summed E-state index contributed by atoms with van der Waals surface area (Å²) < 4.78 is 37.7. The van der Waals surface area contributed by atoms with Crippen LogP contribution in [0, 0.1) is 5.82 Å². The molecule has 0 amide bonds. The van der Waals surface area contributed by atoms with Crippen LogP contribution in [0.5, 0.6) is 0 Å². The minimum Gasteiger partial charge on any atom is -0.452 e. The van der Waals surface area contributed by atoms with Gasteiger partial charge in [-0.2, -0.15) is 0 Å². The average Bonchev–Trinajstić information content (AvgIpc) is 3.24. The summed E-state index contributed by atoms with van der Waals surface area (Å²) in [4.78, 5) is 9.38. The summed E-state index contributed by atoms with van der Waals surface area (Å²) in [7, 11) is -2.54. The van der Waals surface area contributed by atoms with E-state index in [0.717, 1.165) is 29.8 Å².